The average Bonchev–Trinajstić information content (AvgIpc) is 2.63. The molecule has 0 aliphatic carbocycles. The van der Waals surface area contributed by atoms with Crippen LogP contribution in [0.5, 0.6) is 0 Å². The first kappa shape index (κ1) is 23.0. The molecule has 2 radical (unpaired) electrons. The molecule has 0 bridgehead atoms. The molecule has 132 valence electrons. The Balaban J connectivity index is 0.000000561. The number of benzene rings is 1. The Kier molecular flexibility index (Phi) is 17.5. The molecule has 0 spiro atoms. The van der Waals surface area contributed by atoms with E-state index in [-0.39, 0.29) is 0 Å². The summed E-state index contributed by atoms with van der Waals surface area (Å²) in [6, 6.07) is 11.5. The molecule has 0 atom stereocenters. The number of nitrogens with zero attached hydrogens (tertiary/aromatic N) is 2. The van der Waals surface area contributed by atoms with E-state index < -0.39 is 21.6 Å². The number of unbranched alkanes of at least 4 members (excludes halogenated alkanes) is 6. The molecule has 0 saturated heterocycles. The van der Waals surface area contributed by atoms with E-state index >= 15 is 0 Å². The van der Waals surface area contributed by atoms with Gasteiger partial charge < -0.3 is 0 Å². The van der Waals surface area contributed by atoms with Gasteiger partial charge in [-0.05, 0) is 0 Å². The zero-order valence-electron chi connectivity index (χ0n) is 15.6. The van der Waals surface area contributed by atoms with Crippen molar-refractivity contribution in [2.75, 3.05) is 0 Å². The quantitative estimate of drug-likeness (QED) is 0.182. The second-order valence-electron chi connectivity index (χ2n) is 5.67. The number of hydrogen-bond acceptors (Lipinski definition) is 3. The van der Waals surface area contributed by atoms with Crippen molar-refractivity contribution >= 4 is 27.3 Å². The van der Waals surface area contributed by atoms with Crippen LogP contribution in [0.25, 0.3) is 0 Å². The minimum absolute atomic E-state index is 0.373. The van der Waals surface area contributed by atoms with Gasteiger partial charge in [0.25, 0.3) is 0 Å². The standard InChI is InChI=1S/C8H6N2O.C8H18.C4H9.Sn/c9-6-8(10-11)7-4-2-1-3-5-7;1-3-5-7-8-6-4-2;1-3-4-2;/h1-5,11H;3-8H2,1-2H3;1,3-4H2,2H3;/q;;;+1/p-1. The van der Waals surface area contributed by atoms with Gasteiger partial charge in [-0.3, -0.25) is 0 Å². The third-order valence-electron chi connectivity index (χ3n) is 3.44. The summed E-state index contributed by atoms with van der Waals surface area (Å²) in [6.07, 6.45) is 10.9. The van der Waals surface area contributed by atoms with Gasteiger partial charge >= 0.3 is 107 Å². The van der Waals surface area contributed by atoms with Gasteiger partial charge in [-0.15, -0.1) is 0 Å². The zero-order valence-corrected chi connectivity index (χ0v) is 18.4. The zero-order chi connectivity index (χ0) is 17.9. The summed E-state index contributed by atoms with van der Waals surface area (Å²) in [6.45, 7) is 6.67. The van der Waals surface area contributed by atoms with Gasteiger partial charge in [0.1, 0.15) is 0 Å². The van der Waals surface area contributed by atoms with Crippen molar-refractivity contribution < 1.29 is 3.17 Å². The van der Waals surface area contributed by atoms with E-state index in [0.29, 0.717) is 5.71 Å². The van der Waals surface area contributed by atoms with E-state index in [1.54, 1.807) is 0 Å². The van der Waals surface area contributed by atoms with Crippen LogP contribution < -0.4 is 0 Å². The van der Waals surface area contributed by atoms with Crippen LogP contribution in [0.2, 0.25) is 4.44 Å². The number of hydrogen-bond donors (Lipinski definition) is 0. The van der Waals surface area contributed by atoms with Crippen molar-refractivity contribution in [1.82, 2.24) is 0 Å². The fourth-order valence-corrected chi connectivity index (χ4v) is 4.09. The predicted molar refractivity (Wildman–Crippen MR) is 104 cm³/mol. The van der Waals surface area contributed by atoms with Crippen LogP contribution in [0.4, 0.5) is 0 Å². The molecule has 1 aromatic rings. The molecule has 0 heterocycles. The molecule has 0 aromatic heterocycles. The number of oxime groups is 1. The van der Waals surface area contributed by atoms with E-state index in [4.69, 9.17) is 8.44 Å². The summed E-state index contributed by atoms with van der Waals surface area (Å²) >= 11 is -0.858. The van der Waals surface area contributed by atoms with Crippen LogP contribution in [0, 0.1) is 11.3 Å². The summed E-state index contributed by atoms with van der Waals surface area (Å²) in [5, 5.41) is 12.9. The molecule has 24 heavy (non-hydrogen) atoms. The van der Waals surface area contributed by atoms with Crippen molar-refractivity contribution in [2.24, 2.45) is 5.16 Å². The van der Waals surface area contributed by atoms with Crippen molar-refractivity contribution in [1.29, 1.82) is 5.26 Å². The molecule has 4 heteroatoms. The molecule has 0 aliphatic rings. The first-order valence-corrected chi connectivity index (χ1v) is 12.4. The number of nitriles is 1. The molecule has 0 fully saturated rings. The Bertz CT molecular complexity index is 448. The maximum atomic E-state index is 8.94. The molecule has 0 saturated carbocycles. The van der Waals surface area contributed by atoms with Gasteiger partial charge in [0.05, 0.1) is 0 Å². The van der Waals surface area contributed by atoms with E-state index in [9.17, 15) is 0 Å². The Hall–Kier alpha value is -1.02. The summed E-state index contributed by atoms with van der Waals surface area (Å²) < 4.78 is 6.43. The molecule has 0 aliphatic heterocycles. The third-order valence-corrected chi connectivity index (χ3v) is 5.66. The summed E-state index contributed by atoms with van der Waals surface area (Å²) in [5.41, 5.74) is 1.19. The molecular formula is C20H32N2OSn. The Morgan fingerprint density at radius 2 is 1.54 bits per heavy atom. The van der Waals surface area contributed by atoms with Crippen LogP contribution in [0.3, 0.4) is 0 Å². The molecular weight excluding hydrogens is 403 g/mol. The van der Waals surface area contributed by atoms with Crippen LogP contribution in [-0.4, -0.2) is 27.3 Å². The molecule has 0 unspecified atom stereocenters. The average molecular weight is 435 g/mol. The van der Waals surface area contributed by atoms with Gasteiger partial charge in [-0.2, -0.15) is 0 Å². The first-order valence-electron chi connectivity index (χ1n) is 9.22. The van der Waals surface area contributed by atoms with Gasteiger partial charge in [-0.25, -0.2) is 0 Å². The van der Waals surface area contributed by atoms with Crippen molar-refractivity contribution in [3.8, 4) is 6.07 Å². The molecule has 1 aromatic carbocycles. The fraction of sp³-hybridized carbons (Fsp3) is 0.600. The van der Waals surface area contributed by atoms with Crippen LogP contribution in [-0.2, 0) is 3.17 Å². The molecule has 0 amide bonds. The van der Waals surface area contributed by atoms with E-state index in [2.05, 4.69) is 32.0 Å². The van der Waals surface area contributed by atoms with Crippen molar-refractivity contribution in [2.45, 2.75) is 76.6 Å². The summed E-state index contributed by atoms with van der Waals surface area (Å²) in [7, 11) is 0. The topological polar surface area (TPSA) is 45.4 Å². The van der Waals surface area contributed by atoms with Crippen molar-refractivity contribution in [3.05, 3.63) is 35.9 Å². The summed E-state index contributed by atoms with van der Waals surface area (Å²) in [4.78, 5) is 0. The monoisotopic (exact) mass is 436 g/mol. The maximum absolute atomic E-state index is 8.94. The Morgan fingerprint density at radius 3 is 2.04 bits per heavy atom. The van der Waals surface area contributed by atoms with E-state index in [1.165, 1.54) is 51.4 Å². The van der Waals surface area contributed by atoms with E-state index in [0.717, 1.165) is 10.0 Å². The fourth-order valence-electron chi connectivity index (χ4n) is 1.96. The Labute approximate surface area is 159 Å². The summed E-state index contributed by atoms with van der Waals surface area (Å²) in [5.74, 6) is 0. The number of rotatable bonds is 11. The van der Waals surface area contributed by atoms with Crippen LogP contribution in [0.15, 0.2) is 35.5 Å². The van der Waals surface area contributed by atoms with E-state index in [1.807, 2.05) is 30.3 Å². The van der Waals surface area contributed by atoms with Gasteiger partial charge in [-0.1, -0.05) is 52.4 Å². The molecule has 0 N–H and O–H groups in total. The second kappa shape index (κ2) is 18.3. The third kappa shape index (κ3) is 13.4. The molecule has 1 rings (SSSR count). The Morgan fingerprint density at radius 1 is 0.958 bits per heavy atom. The van der Waals surface area contributed by atoms with Crippen LogP contribution >= 0.6 is 0 Å². The van der Waals surface area contributed by atoms with Crippen LogP contribution in [0.1, 0.15) is 77.7 Å². The van der Waals surface area contributed by atoms with Gasteiger partial charge in [0, 0.05) is 0 Å². The van der Waals surface area contributed by atoms with Gasteiger partial charge in [0.2, 0.25) is 0 Å². The molecule has 3 nitrogen and oxygen atoms in total. The predicted octanol–water partition coefficient (Wildman–Crippen LogP) is 6.14. The second-order valence-corrected chi connectivity index (χ2v) is 8.44. The SMILES string of the molecule is CCCCCCCC.CCC[CH2][Sn][O]N=C(C#N)c1ccccc1. The van der Waals surface area contributed by atoms with Gasteiger partial charge in [0.15, 0.2) is 0 Å². The van der Waals surface area contributed by atoms with Crippen molar-refractivity contribution in [3.63, 3.8) is 0 Å². The normalized spacial score (nSPS) is 10.5. The minimum atomic E-state index is -0.858. The first-order chi connectivity index (χ1) is 11.8.